The highest BCUT2D eigenvalue weighted by molar-refractivity contribution is 5.11. The van der Waals surface area contributed by atoms with Crippen LogP contribution in [-0.4, -0.2) is 36.1 Å². The highest BCUT2D eigenvalue weighted by Crippen LogP contribution is 2.28. The van der Waals surface area contributed by atoms with Crippen molar-refractivity contribution in [3.8, 4) is 6.07 Å². The lowest BCUT2D eigenvalue weighted by molar-refractivity contribution is 0.275. The van der Waals surface area contributed by atoms with E-state index < -0.39 is 0 Å². The van der Waals surface area contributed by atoms with E-state index >= 15 is 0 Å². The van der Waals surface area contributed by atoms with E-state index in [1.54, 1.807) is 0 Å². The van der Waals surface area contributed by atoms with Crippen LogP contribution >= 0.6 is 0 Å². The number of nitrogens with one attached hydrogen (secondary N) is 1. The molecule has 1 aliphatic carbocycles. The summed E-state index contributed by atoms with van der Waals surface area (Å²) < 4.78 is 0. The fourth-order valence-electron chi connectivity index (χ4n) is 2.64. The second-order valence-corrected chi connectivity index (χ2v) is 5.31. The third-order valence-electron chi connectivity index (χ3n) is 3.74. The minimum absolute atomic E-state index is 0.219. The third kappa shape index (κ3) is 2.96. The molecule has 1 saturated carbocycles. The lowest BCUT2D eigenvalue weighted by atomic mass is 9.92. The summed E-state index contributed by atoms with van der Waals surface area (Å²) in [5, 5.41) is 13.0. The SMILES string of the molecule is CCCN1CCCC(C#N)(NC2CC2)CC1. The van der Waals surface area contributed by atoms with E-state index in [1.165, 1.54) is 32.4 Å². The molecule has 90 valence electrons. The molecule has 0 bridgehead atoms. The van der Waals surface area contributed by atoms with Crippen LogP contribution in [-0.2, 0) is 0 Å². The van der Waals surface area contributed by atoms with Crippen LogP contribution in [0.2, 0.25) is 0 Å². The first-order valence-electron chi connectivity index (χ1n) is 6.69. The second kappa shape index (κ2) is 5.16. The van der Waals surface area contributed by atoms with Gasteiger partial charge in [-0.05, 0) is 51.6 Å². The fourth-order valence-corrected chi connectivity index (χ4v) is 2.64. The fraction of sp³-hybridized carbons (Fsp3) is 0.923. The molecule has 0 aromatic rings. The summed E-state index contributed by atoms with van der Waals surface area (Å²) in [7, 11) is 0. The Morgan fingerprint density at radius 1 is 1.38 bits per heavy atom. The molecule has 0 aromatic heterocycles. The summed E-state index contributed by atoms with van der Waals surface area (Å²) in [5.41, 5.74) is -0.219. The Morgan fingerprint density at radius 2 is 2.19 bits per heavy atom. The maximum Gasteiger partial charge on any atom is 0.108 e. The molecule has 0 radical (unpaired) electrons. The van der Waals surface area contributed by atoms with Crippen molar-refractivity contribution < 1.29 is 0 Å². The van der Waals surface area contributed by atoms with E-state index in [0.717, 1.165) is 25.8 Å². The molecule has 16 heavy (non-hydrogen) atoms. The second-order valence-electron chi connectivity index (χ2n) is 5.31. The Labute approximate surface area is 98.8 Å². The van der Waals surface area contributed by atoms with Crippen molar-refractivity contribution in [3.05, 3.63) is 0 Å². The molecule has 0 spiro atoms. The van der Waals surface area contributed by atoms with Crippen molar-refractivity contribution in [2.24, 2.45) is 0 Å². The van der Waals surface area contributed by atoms with Gasteiger partial charge in [-0.3, -0.25) is 5.32 Å². The van der Waals surface area contributed by atoms with Gasteiger partial charge in [0, 0.05) is 12.6 Å². The van der Waals surface area contributed by atoms with Gasteiger partial charge >= 0.3 is 0 Å². The molecule has 1 aliphatic heterocycles. The average Bonchev–Trinajstić information content (AvgIpc) is 3.09. The Balaban J connectivity index is 1.91. The normalized spacial score (nSPS) is 32.0. The lowest BCUT2D eigenvalue weighted by Crippen LogP contribution is -2.45. The first-order valence-corrected chi connectivity index (χ1v) is 6.69. The maximum atomic E-state index is 9.43. The Bertz CT molecular complexity index is 267. The molecular weight excluding hydrogens is 198 g/mol. The standard InChI is InChI=1S/C13H23N3/c1-2-8-16-9-3-6-13(11-14,7-10-16)15-12-4-5-12/h12,15H,2-10H2,1H3. The van der Waals surface area contributed by atoms with Gasteiger partial charge in [0.2, 0.25) is 0 Å². The van der Waals surface area contributed by atoms with Gasteiger partial charge in [-0.25, -0.2) is 0 Å². The van der Waals surface area contributed by atoms with Gasteiger partial charge in [0.15, 0.2) is 0 Å². The zero-order valence-corrected chi connectivity index (χ0v) is 10.3. The van der Waals surface area contributed by atoms with Crippen LogP contribution in [0.4, 0.5) is 0 Å². The van der Waals surface area contributed by atoms with Crippen LogP contribution in [0.3, 0.4) is 0 Å². The highest BCUT2D eigenvalue weighted by atomic mass is 15.1. The van der Waals surface area contributed by atoms with E-state index in [9.17, 15) is 5.26 Å². The van der Waals surface area contributed by atoms with Crippen LogP contribution in [0.15, 0.2) is 0 Å². The van der Waals surface area contributed by atoms with Crippen molar-refractivity contribution >= 4 is 0 Å². The topological polar surface area (TPSA) is 39.1 Å². The van der Waals surface area contributed by atoms with Crippen LogP contribution in [0.5, 0.6) is 0 Å². The molecule has 1 heterocycles. The maximum absolute atomic E-state index is 9.43. The van der Waals surface area contributed by atoms with Gasteiger partial charge in [0.1, 0.15) is 5.54 Å². The van der Waals surface area contributed by atoms with Gasteiger partial charge in [-0.2, -0.15) is 5.26 Å². The smallest absolute Gasteiger partial charge is 0.108 e. The molecule has 1 N–H and O–H groups in total. The minimum atomic E-state index is -0.219. The minimum Gasteiger partial charge on any atom is -0.303 e. The van der Waals surface area contributed by atoms with E-state index in [1.807, 2.05) is 0 Å². The van der Waals surface area contributed by atoms with Crippen molar-refractivity contribution in [1.82, 2.24) is 10.2 Å². The van der Waals surface area contributed by atoms with Crippen LogP contribution in [0.1, 0.15) is 45.4 Å². The van der Waals surface area contributed by atoms with Crippen LogP contribution in [0.25, 0.3) is 0 Å². The summed E-state index contributed by atoms with van der Waals surface area (Å²) in [6.07, 6.45) is 6.94. The van der Waals surface area contributed by atoms with Gasteiger partial charge < -0.3 is 4.90 Å². The number of nitrogens with zero attached hydrogens (tertiary/aromatic N) is 2. The zero-order valence-electron chi connectivity index (χ0n) is 10.3. The Kier molecular flexibility index (Phi) is 3.83. The van der Waals surface area contributed by atoms with Gasteiger partial charge in [0.05, 0.1) is 6.07 Å². The number of nitriles is 1. The molecule has 1 atom stereocenters. The number of hydrogen-bond donors (Lipinski definition) is 1. The predicted octanol–water partition coefficient (Wildman–Crippen LogP) is 1.90. The van der Waals surface area contributed by atoms with Gasteiger partial charge in [-0.1, -0.05) is 6.92 Å². The van der Waals surface area contributed by atoms with E-state index in [4.69, 9.17) is 0 Å². The Hall–Kier alpha value is -0.590. The molecule has 2 aliphatic rings. The molecule has 2 rings (SSSR count). The number of rotatable bonds is 4. The molecule has 2 fully saturated rings. The quantitative estimate of drug-likeness (QED) is 0.788. The summed E-state index contributed by atoms with van der Waals surface area (Å²) in [4.78, 5) is 2.51. The van der Waals surface area contributed by atoms with E-state index in [-0.39, 0.29) is 5.54 Å². The summed E-state index contributed by atoms with van der Waals surface area (Å²) in [6, 6.07) is 3.19. The third-order valence-corrected chi connectivity index (χ3v) is 3.74. The van der Waals surface area contributed by atoms with Crippen LogP contribution < -0.4 is 5.32 Å². The van der Waals surface area contributed by atoms with Crippen LogP contribution in [0, 0.1) is 11.3 Å². The molecule has 0 amide bonds. The monoisotopic (exact) mass is 221 g/mol. The molecule has 1 unspecified atom stereocenters. The number of likely N-dealkylation sites (tertiary alicyclic amines) is 1. The Morgan fingerprint density at radius 3 is 2.81 bits per heavy atom. The predicted molar refractivity (Wildman–Crippen MR) is 65.1 cm³/mol. The van der Waals surface area contributed by atoms with Crippen molar-refractivity contribution in [2.75, 3.05) is 19.6 Å². The largest absolute Gasteiger partial charge is 0.303 e. The summed E-state index contributed by atoms with van der Waals surface area (Å²) in [6.45, 7) is 5.67. The lowest BCUT2D eigenvalue weighted by Gasteiger charge is -2.26. The molecule has 1 saturated heterocycles. The summed E-state index contributed by atoms with van der Waals surface area (Å²) >= 11 is 0. The first kappa shape index (κ1) is 11.9. The first-order chi connectivity index (χ1) is 7.78. The summed E-state index contributed by atoms with van der Waals surface area (Å²) in [5.74, 6) is 0. The van der Waals surface area contributed by atoms with Crippen molar-refractivity contribution in [3.63, 3.8) is 0 Å². The molecular formula is C13H23N3. The average molecular weight is 221 g/mol. The van der Waals surface area contributed by atoms with Gasteiger partial charge in [0.25, 0.3) is 0 Å². The highest BCUT2D eigenvalue weighted by Gasteiger charge is 2.37. The molecule has 3 heteroatoms. The van der Waals surface area contributed by atoms with Crippen molar-refractivity contribution in [1.29, 1.82) is 5.26 Å². The molecule has 0 aromatic carbocycles. The zero-order chi connectivity index (χ0) is 11.4. The number of hydrogen-bond acceptors (Lipinski definition) is 3. The van der Waals surface area contributed by atoms with Gasteiger partial charge in [-0.15, -0.1) is 0 Å². The van der Waals surface area contributed by atoms with Crippen molar-refractivity contribution in [2.45, 2.75) is 57.0 Å². The van der Waals surface area contributed by atoms with E-state index in [0.29, 0.717) is 6.04 Å². The van der Waals surface area contributed by atoms with E-state index in [2.05, 4.69) is 23.2 Å². The molecule has 3 nitrogen and oxygen atoms in total.